The van der Waals surface area contributed by atoms with Crippen LogP contribution in [-0.4, -0.2) is 13.7 Å². The molecular formula is C19H25NO. The predicted octanol–water partition coefficient (Wildman–Crippen LogP) is 4.69. The summed E-state index contributed by atoms with van der Waals surface area (Å²) in [4.78, 5) is 0. The topological polar surface area (TPSA) is 21.3 Å². The first-order chi connectivity index (χ1) is 10.3. The lowest BCUT2D eigenvalue weighted by atomic mass is 10.0. The second-order valence-corrected chi connectivity index (χ2v) is 6.23. The summed E-state index contributed by atoms with van der Waals surface area (Å²) in [7, 11) is 1.71. The minimum absolute atomic E-state index is 0.413. The largest absolute Gasteiger partial charge is 0.497 e. The molecule has 1 aliphatic carbocycles. The van der Waals surface area contributed by atoms with Crippen molar-refractivity contribution in [3.63, 3.8) is 0 Å². The standard InChI is InChI=1S/C19H25NO/c1-14(20-11-3-4-15-5-6-15)16-7-8-18-13-19(21-2)10-9-17(18)12-16/h7-10,12-15,20H,3-6,11H2,1-2H3. The molecule has 0 spiro atoms. The summed E-state index contributed by atoms with van der Waals surface area (Å²) in [5.74, 6) is 1.96. The Balaban J connectivity index is 1.62. The van der Waals surface area contributed by atoms with E-state index in [2.05, 4.69) is 42.6 Å². The van der Waals surface area contributed by atoms with Crippen molar-refractivity contribution >= 4 is 10.8 Å². The Labute approximate surface area is 127 Å². The van der Waals surface area contributed by atoms with Gasteiger partial charge in [-0.25, -0.2) is 0 Å². The van der Waals surface area contributed by atoms with Gasteiger partial charge >= 0.3 is 0 Å². The molecule has 2 nitrogen and oxygen atoms in total. The lowest BCUT2D eigenvalue weighted by Gasteiger charge is -2.15. The minimum Gasteiger partial charge on any atom is -0.497 e. The van der Waals surface area contributed by atoms with Crippen molar-refractivity contribution < 1.29 is 4.74 Å². The van der Waals surface area contributed by atoms with Gasteiger partial charge in [0.1, 0.15) is 5.75 Å². The van der Waals surface area contributed by atoms with Gasteiger partial charge in [0.2, 0.25) is 0 Å². The van der Waals surface area contributed by atoms with Crippen LogP contribution in [-0.2, 0) is 0 Å². The monoisotopic (exact) mass is 283 g/mol. The van der Waals surface area contributed by atoms with E-state index in [1.807, 2.05) is 6.07 Å². The van der Waals surface area contributed by atoms with Crippen LogP contribution in [0.3, 0.4) is 0 Å². The maximum Gasteiger partial charge on any atom is 0.119 e. The number of rotatable bonds is 7. The van der Waals surface area contributed by atoms with Gasteiger partial charge in [-0.2, -0.15) is 0 Å². The van der Waals surface area contributed by atoms with Gasteiger partial charge < -0.3 is 10.1 Å². The first kappa shape index (κ1) is 14.4. The fourth-order valence-electron chi connectivity index (χ4n) is 2.87. The Kier molecular flexibility index (Phi) is 4.45. The van der Waals surface area contributed by atoms with Crippen LogP contribution in [0.25, 0.3) is 10.8 Å². The van der Waals surface area contributed by atoms with Crippen LogP contribution in [0.5, 0.6) is 5.75 Å². The molecule has 1 atom stereocenters. The maximum absolute atomic E-state index is 5.28. The molecule has 0 saturated heterocycles. The van der Waals surface area contributed by atoms with Crippen molar-refractivity contribution in [1.82, 2.24) is 5.32 Å². The van der Waals surface area contributed by atoms with E-state index >= 15 is 0 Å². The quantitative estimate of drug-likeness (QED) is 0.744. The van der Waals surface area contributed by atoms with Gasteiger partial charge in [-0.3, -0.25) is 0 Å². The van der Waals surface area contributed by atoms with E-state index in [1.165, 1.54) is 42.0 Å². The first-order valence-electron chi connectivity index (χ1n) is 8.07. The fourth-order valence-corrected chi connectivity index (χ4v) is 2.87. The number of ether oxygens (including phenoxy) is 1. The molecule has 3 rings (SSSR count). The van der Waals surface area contributed by atoms with Crippen molar-refractivity contribution in [1.29, 1.82) is 0 Å². The predicted molar refractivity (Wildman–Crippen MR) is 88.9 cm³/mol. The molecule has 1 saturated carbocycles. The van der Waals surface area contributed by atoms with E-state index in [0.717, 1.165) is 18.2 Å². The normalized spacial score (nSPS) is 16.1. The highest BCUT2D eigenvalue weighted by Gasteiger charge is 2.20. The van der Waals surface area contributed by atoms with E-state index in [0.29, 0.717) is 6.04 Å². The number of hydrogen-bond acceptors (Lipinski definition) is 2. The Morgan fingerprint density at radius 2 is 1.90 bits per heavy atom. The maximum atomic E-state index is 5.28. The molecule has 1 aliphatic rings. The van der Waals surface area contributed by atoms with Gasteiger partial charge in [-0.1, -0.05) is 31.0 Å². The highest BCUT2D eigenvalue weighted by Crippen LogP contribution is 2.33. The van der Waals surface area contributed by atoms with Crippen LogP contribution < -0.4 is 10.1 Å². The molecule has 0 amide bonds. The van der Waals surface area contributed by atoms with Crippen molar-refractivity contribution in [2.24, 2.45) is 5.92 Å². The molecule has 0 radical (unpaired) electrons. The Bertz CT molecular complexity index is 604. The van der Waals surface area contributed by atoms with Gasteiger partial charge in [-0.05, 0) is 66.8 Å². The zero-order valence-electron chi connectivity index (χ0n) is 13.1. The second-order valence-electron chi connectivity index (χ2n) is 6.23. The summed E-state index contributed by atoms with van der Waals surface area (Å²) >= 11 is 0. The van der Waals surface area contributed by atoms with Crippen LogP contribution >= 0.6 is 0 Å². The summed E-state index contributed by atoms with van der Waals surface area (Å²) in [6, 6.07) is 13.4. The number of benzene rings is 2. The molecule has 0 bridgehead atoms. The van der Waals surface area contributed by atoms with Gasteiger partial charge in [0.25, 0.3) is 0 Å². The van der Waals surface area contributed by atoms with E-state index in [9.17, 15) is 0 Å². The summed E-state index contributed by atoms with van der Waals surface area (Å²) in [5, 5.41) is 6.16. The van der Waals surface area contributed by atoms with E-state index in [4.69, 9.17) is 4.74 Å². The number of methoxy groups -OCH3 is 1. The van der Waals surface area contributed by atoms with Crippen molar-refractivity contribution in [3.05, 3.63) is 42.0 Å². The summed E-state index contributed by atoms with van der Waals surface area (Å²) in [5.41, 5.74) is 1.36. The summed E-state index contributed by atoms with van der Waals surface area (Å²) in [6.45, 7) is 3.38. The van der Waals surface area contributed by atoms with Crippen LogP contribution in [0.1, 0.15) is 44.2 Å². The van der Waals surface area contributed by atoms with Gasteiger partial charge in [0.15, 0.2) is 0 Å². The van der Waals surface area contributed by atoms with Crippen LogP contribution in [0, 0.1) is 5.92 Å². The third-order valence-corrected chi connectivity index (χ3v) is 4.51. The second kappa shape index (κ2) is 6.48. The van der Waals surface area contributed by atoms with E-state index in [1.54, 1.807) is 7.11 Å². The third-order valence-electron chi connectivity index (χ3n) is 4.51. The van der Waals surface area contributed by atoms with E-state index in [-0.39, 0.29) is 0 Å². The number of nitrogens with one attached hydrogen (secondary N) is 1. The zero-order chi connectivity index (χ0) is 14.7. The molecular weight excluding hydrogens is 258 g/mol. The summed E-state index contributed by atoms with van der Waals surface area (Å²) in [6.07, 6.45) is 5.63. The van der Waals surface area contributed by atoms with Crippen LogP contribution in [0.15, 0.2) is 36.4 Å². The average Bonchev–Trinajstić information content (AvgIpc) is 3.34. The molecule has 112 valence electrons. The lowest BCUT2D eigenvalue weighted by Crippen LogP contribution is -2.19. The molecule has 1 unspecified atom stereocenters. The molecule has 2 heteroatoms. The average molecular weight is 283 g/mol. The highest BCUT2D eigenvalue weighted by molar-refractivity contribution is 5.84. The Morgan fingerprint density at radius 3 is 2.67 bits per heavy atom. The molecule has 2 aromatic rings. The molecule has 21 heavy (non-hydrogen) atoms. The van der Waals surface area contributed by atoms with Crippen molar-refractivity contribution in [3.8, 4) is 5.75 Å². The van der Waals surface area contributed by atoms with Crippen molar-refractivity contribution in [2.75, 3.05) is 13.7 Å². The zero-order valence-corrected chi connectivity index (χ0v) is 13.1. The van der Waals surface area contributed by atoms with Gasteiger partial charge in [0, 0.05) is 6.04 Å². The summed E-state index contributed by atoms with van der Waals surface area (Å²) < 4.78 is 5.28. The molecule has 2 aromatic carbocycles. The van der Waals surface area contributed by atoms with E-state index < -0.39 is 0 Å². The molecule has 1 fully saturated rings. The van der Waals surface area contributed by atoms with Gasteiger partial charge in [0.05, 0.1) is 7.11 Å². The molecule has 0 aliphatic heterocycles. The van der Waals surface area contributed by atoms with Gasteiger partial charge in [-0.15, -0.1) is 0 Å². The third kappa shape index (κ3) is 3.76. The number of hydrogen-bond donors (Lipinski definition) is 1. The van der Waals surface area contributed by atoms with Crippen molar-refractivity contribution in [2.45, 2.75) is 38.6 Å². The van der Waals surface area contributed by atoms with Crippen LogP contribution in [0.4, 0.5) is 0 Å². The SMILES string of the molecule is COc1ccc2cc(C(C)NCCCC3CC3)ccc2c1. The molecule has 0 heterocycles. The molecule has 1 N–H and O–H groups in total. The number of fused-ring (bicyclic) bond motifs is 1. The first-order valence-corrected chi connectivity index (χ1v) is 8.07. The molecule has 0 aromatic heterocycles. The fraction of sp³-hybridized carbons (Fsp3) is 0.474. The Morgan fingerprint density at radius 1 is 1.14 bits per heavy atom. The minimum atomic E-state index is 0.413. The smallest absolute Gasteiger partial charge is 0.119 e. The Hall–Kier alpha value is -1.54. The highest BCUT2D eigenvalue weighted by atomic mass is 16.5. The van der Waals surface area contributed by atoms with Crippen LogP contribution in [0.2, 0.25) is 0 Å². The lowest BCUT2D eigenvalue weighted by molar-refractivity contribution is 0.415.